The molecule has 0 saturated heterocycles. The summed E-state index contributed by atoms with van der Waals surface area (Å²) < 4.78 is 10.5. The number of ether oxygens (including phenoxy) is 2. The lowest BCUT2D eigenvalue weighted by Crippen LogP contribution is -1.92. The van der Waals surface area contributed by atoms with Gasteiger partial charge >= 0.3 is 0 Å². The van der Waals surface area contributed by atoms with Crippen molar-refractivity contribution in [3.63, 3.8) is 0 Å². The van der Waals surface area contributed by atoms with Crippen LogP contribution in [0.1, 0.15) is 15.3 Å². The molecule has 0 unspecified atom stereocenters. The van der Waals surface area contributed by atoms with Crippen LogP contribution in [-0.4, -0.2) is 14.2 Å². The highest BCUT2D eigenvalue weighted by Crippen LogP contribution is 2.31. The zero-order valence-corrected chi connectivity index (χ0v) is 12.5. The SMILES string of the molecule is COc1ccc(C(C#N)=Cc2ccc(C)s2)cc1OC. The highest BCUT2D eigenvalue weighted by Gasteiger charge is 2.08. The molecular formula is C16H15NO2S. The lowest BCUT2D eigenvalue weighted by Gasteiger charge is -2.08. The molecule has 0 radical (unpaired) electrons. The van der Waals surface area contributed by atoms with E-state index in [4.69, 9.17) is 9.47 Å². The molecule has 4 heteroatoms. The normalized spacial score (nSPS) is 11.0. The van der Waals surface area contributed by atoms with Gasteiger partial charge < -0.3 is 9.47 Å². The molecule has 0 fully saturated rings. The fraction of sp³-hybridized carbons (Fsp3) is 0.188. The number of benzene rings is 1. The number of nitrogens with zero attached hydrogens (tertiary/aromatic N) is 1. The Bertz CT molecular complexity index is 680. The maximum absolute atomic E-state index is 9.35. The van der Waals surface area contributed by atoms with Gasteiger partial charge in [0.05, 0.1) is 25.9 Å². The van der Waals surface area contributed by atoms with Crippen LogP contribution in [0.5, 0.6) is 11.5 Å². The van der Waals surface area contributed by atoms with Gasteiger partial charge in [0.25, 0.3) is 0 Å². The second kappa shape index (κ2) is 6.27. The van der Waals surface area contributed by atoms with E-state index in [-0.39, 0.29) is 0 Å². The Labute approximate surface area is 122 Å². The van der Waals surface area contributed by atoms with Gasteiger partial charge in [-0.3, -0.25) is 0 Å². The van der Waals surface area contributed by atoms with Crippen molar-refractivity contribution in [2.75, 3.05) is 14.2 Å². The number of hydrogen-bond acceptors (Lipinski definition) is 4. The molecule has 1 aromatic heterocycles. The van der Waals surface area contributed by atoms with Gasteiger partial charge in [-0.2, -0.15) is 5.26 Å². The van der Waals surface area contributed by atoms with Gasteiger partial charge in [0, 0.05) is 9.75 Å². The average Bonchev–Trinajstić information content (AvgIpc) is 2.89. The third-order valence-electron chi connectivity index (χ3n) is 2.86. The van der Waals surface area contributed by atoms with Crippen LogP contribution >= 0.6 is 11.3 Å². The molecule has 0 aliphatic heterocycles. The fourth-order valence-electron chi connectivity index (χ4n) is 1.86. The standard InChI is InChI=1S/C16H15NO2S/c1-11-4-6-14(20-11)8-13(10-17)12-5-7-15(18-2)16(9-12)19-3/h4-9H,1-3H3. The molecule has 1 aromatic carbocycles. The van der Waals surface area contributed by atoms with E-state index in [0.29, 0.717) is 17.1 Å². The van der Waals surface area contributed by atoms with Crippen molar-refractivity contribution in [1.29, 1.82) is 5.26 Å². The molecule has 0 aliphatic carbocycles. The van der Waals surface area contributed by atoms with Gasteiger partial charge in [0.1, 0.15) is 0 Å². The van der Waals surface area contributed by atoms with Crippen LogP contribution < -0.4 is 9.47 Å². The second-order valence-corrected chi connectivity index (χ2v) is 5.51. The van der Waals surface area contributed by atoms with E-state index in [1.165, 1.54) is 4.88 Å². The number of thiophene rings is 1. The Balaban J connectivity index is 2.42. The molecule has 0 spiro atoms. The van der Waals surface area contributed by atoms with Crippen molar-refractivity contribution in [2.45, 2.75) is 6.92 Å². The molecule has 3 nitrogen and oxygen atoms in total. The van der Waals surface area contributed by atoms with Crippen LogP contribution in [0.3, 0.4) is 0 Å². The second-order valence-electron chi connectivity index (χ2n) is 4.19. The summed E-state index contributed by atoms with van der Waals surface area (Å²) in [5.41, 5.74) is 1.42. The largest absolute Gasteiger partial charge is 0.493 e. The van der Waals surface area contributed by atoms with Crippen LogP contribution in [0, 0.1) is 18.3 Å². The molecular weight excluding hydrogens is 270 g/mol. The summed E-state index contributed by atoms with van der Waals surface area (Å²) >= 11 is 1.66. The maximum atomic E-state index is 9.35. The van der Waals surface area contributed by atoms with Crippen molar-refractivity contribution < 1.29 is 9.47 Å². The molecule has 20 heavy (non-hydrogen) atoms. The number of allylic oxidation sites excluding steroid dienone is 1. The van der Waals surface area contributed by atoms with E-state index in [0.717, 1.165) is 10.4 Å². The molecule has 0 bridgehead atoms. The van der Waals surface area contributed by atoms with E-state index in [2.05, 4.69) is 6.07 Å². The molecule has 0 atom stereocenters. The van der Waals surface area contributed by atoms with Crippen molar-refractivity contribution in [3.8, 4) is 17.6 Å². The first kappa shape index (κ1) is 14.2. The first-order valence-electron chi connectivity index (χ1n) is 6.08. The zero-order valence-electron chi connectivity index (χ0n) is 11.6. The number of nitriles is 1. The van der Waals surface area contributed by atoms with Crippen molar-refractivity contribution in [2.24, 2.45) is 0 Å². The van der Waals surface area contributed by atoms with Gasteiger partial charge in [0.2, 0.25) is 0 Å². The minimum Gasteiger partial charge on any atom is -0.493 e. The van der Waals surface area contributed by atoms with Crippen molar-refractivity contribution >= 4 is 23.0 Å². The first-order chi connectivity index (χ1) is 9.67. The van der Waals surface area contributed by atoms with E-state index in [9.17, 15) is 5.26 Å². The molecule has 102 valence electrons. The van der Waals surface area contributed by atoms with Gasteiger partial charge in [-0.25, -0.2) is 0 Å². The summed E-state index contributed by atoms with van der Waals surface area (Å²) in [5, 5.41) is 9.35. The average molecular weight is 285 g/mol. The van der Waals surface area contributed by atoms with E-state index in [1.54, 1.807) is 31.6 Å². The lowest BCUT2D eigenvalue weighted by atomic mass is 10.1. The predicted octanol–water partition coefficient (Wildman–Crippen LogP) is 4.14. The topological polar surface area (TPSA) is 42.2 Å². The van der Waals surface area contributed by atoms with Crippen molar-refractivity contribution in [3.05, 3.63) is 45.6 Å². The minimum atomic E-state index is 0.604. The van der Waals surface area contributed by atoms with Gasteiger partial charge in [-0.1, -0.05) is 0 Å². The molecule has 0 saturated carbocycles. The first-order valence-corrected chi connectivity index (χ1v) is 6.90. The summed E-state index contributed by atoms with van der Waals surface area (Å²) in [6.07, 6.45) is 1.89. The molecule has 2 aromatic rings. The summed E-state index contributed by atoms with van der Waals surface area (Å²) in [6, 6.07) is 11.8. The highest BCUT2D eigenvalue weighted by molar-refractivity contribution is 7.12. The molecule has 0 N–H and O–H groups in total. The predicted molar refractivity (Wildman–Crippen MR) is 82.1 cm³/mol. The van der Waals surface area contributed by atoms with E-state index in [1.807, 2.05) is 37.3 Å². The lowest BCUT2D eigenvalue weighted by molar-refractivity contribution is 0.355. The third kappa shape index (κ3) is 3.01. The number of rotatable bonds is 4. The number of methoxy groups -OCH3 is 2. The minimum absolute atomic E-state index is 0.604. The highest BCUT2D eigenvalue weighted by atomic mass is 32.1. The molecule has 1 heterocycles. The Hall–Kier alpha value is -2.25. The summed E-state index contributed by atoms with van der Waals surface area (Å²) in [6.45, 7) is 2.05. The monoisotopic (exact) mass is 285 g/mol. The van der Waals surface area contributed by atoms with Gasteiger partial charge in [-0.15, -0.1) is 11.3 Å². The maximum Gasteiger partial charge on any atom is 0.161 e. The fourth-order valence-corrected chi connectivity index (χ4v) is 2.68. The van der Waals surface area contributed by atoms with Crippen molar-refractivity contribution in [1.82, 2.24) is 0 Å². The van der Waals surface area contributed by atoms with Crippen LogP contribution in [0.2, 0.25) is 0 Å². The third-order valence-corrected chi connectivity index (χ3v) is 3.81. The van der Waals surface area contributed by atoms with Crippen LogP contribution in [0.4, 0.5) is 0 Å². The Kier molecular flexibility index (Phi) is 4.44. The molecule has 0 aliphatic rings. The Morgan fingerprint density at radius 3 is 2.45 bits per heavy atom. The van der Waals surface area contributed by atoms with Gasteiger partial charge in [-0.05, 0) is 48.9 Å². The molecule has 2 rings (SSSR count). The smallest absolute Gasteiger partial charge is 0.161 e. The van der Waals surface area contributed by atoms with E-state index >= 15 is 0 Å². The van der Waals surface area contributed by atoms with Crippen LogP contribution in [0.25, 0.3) is 11.6 Å². The molecule has 0 amide bonds. The Morgan fingerprint density at radius 2 is 1.90 bits per heavy atom. The quantitative estimate of drug-likeness (QED) is 0.793. The summed E-state index contributed by atoms with van der Waals surface area (Å²) in [7, 11) is 3.17. The Morgan fingerprint density at radius 1 is 1.15 bits per heavy atom. The zero-order chi connectivity index (χ0) is 14.5. The summed E-state index contributed by atoms with van der Waals surface area (Å²) in [4.78, 5) is 2.29. The van der Waals surface area contributed by atoms with Crippen LogP contribution in [-0.2, 0) is 0 Å². The van der Waals surface area contributed by atoms with E-state index < -0.39 is 0 Å². The number of aryl methyl sites for hydroxylation is 1. The summed E-state index contributed by atoms with van der Waals surface area (Å²) in [5.74, 6) is 1.27. The number of hydrogen-bond donors (Lipinski definition) is 0. The van der Waals surface area contributed by atoms with Gasteiger partial charge in [0.15, 0.2) is 11.5 Å². The van der Waals surface area contributed by atoms with Crippen LogP contribution in [0.15, 0.2) is 30.3 Å².